The third-order valence-electron chi connectivity index (χ3n) is 8.55. The van der Waals surface area contributed by atoms with Gasteiger partial charge in [0.05, 0.1) is 13.2 Å². The number of ether oxygens (including phenoxy) is 1. The molecule has 1 spiro atoms. The van der Waals surface area contributed by atoms with E-state index in [0.717, 1.165) is 56.6 Å². The highest BCUT2D eigenvalue weighted by atomic mass is 19.1. The lowest BCUT2D eigenvalue weighted by atomic mass is 9.74. The maximum Gasteiger partial charge on any atom is 0.246 e. The Kier molecular flexibility index (Phi) is 7.54. The number of aryl methyl sites for hydroxylation is 1. The first-order chi connectivity index (χ1) is 17.8. The molecule has 0 bridgehead atoms. The van der Waals surface area contributed by atoms with E-state index in [2.05, 4.69) is 22.3 Å². The molecule has 1 atom stereocenters. The Morgan fingerprint density at radius 1 is 1.19 bits per heavy atom. The first kappa shape index (κ1) is 25.7. The standard InChI is InChI=1S/C30H38FN3O3/c1-21-15-22(17-24(31)16-21)3-6-29(36)34-11-7-23(8-12-34)28(35)19-33-13-9-30(10-14-33)20-32-27-5-4-25(37-2)18-26(27)30/h3-6,15-18,23,28,32,35H,7-14,19-20H2,1-2H3/b6-3+. The number of fused-ring (bicyclic) bond motifs is 2. The number of nitrogens with zero attached hydrogens (tertiary/aromatic N) is 2. The largest absolute Gasteiger partial charge is 0.497 e. The van der Waals surface area contributed by atoms with Crippen LogP contribution in [0.2, 0.25) is 0 Å². The molecule has 0 aliphatic carbocycles. The Balaban J connectivity index is 1.09. The van der Waals surface area contributed by atoms with E-state index in [1.54, 1.807) is 13.2 Å². The molecule has 2 aromatic carbocycles. The Morgan fingerprint density at radius 3 is 2.65 bits per heavy atom. The topological polar surface area (TPSA) is 65.0 Å². The van der Waals surface area contributed by atoms with E-state index in [-0.39, 0.29) is 29.2 Å². The maximum atomic E-state index is 13.6. The fourth-order valence-corrected chi connectivity index (χ4v) is 6.26. The van der Waals surface area contributed by atoms with E-state index in [4.69, 9.17) is 4.74 Å². The number of piperidine rings is 2. The summed E-state index contributed by atoms with van der Waals surface area (Å²) in [5, 5.41) is 14.6. The second-order valence-corrected chi connectivity index (χ2v) is 11.0. The van der Waals surface area contributed by atoms with Gasteiger partial charge in [0.25, 0.3) is 0 Å². The summed E-state index contributed by atoms with van der Waals surface area (Å²) in [4.78, 5) is 16.9. The average Bonchev–Trinajstić information content (AvgIpc) is 3.25. The number of likely N-dealkylation sites (tertiary alicyclic amines) is 2. The molecular weight excluding hydrogens is 469 g/mol. The number of carbonyl (C=O) groups is 1. The van der Waals surface area contributed by atoms with Crippen LogP contribution in [0.5, 0.6) is 5.75 Å². The van der Waals surface area contributed by atoms with Crippen LogP contribution in [-0.2, 0) is 10.2 Å². The van der Waals surface area contributed by atoms with Gasteiger partial charge in [-0.15, -0.1) is 0 Å². The second kappa shape index (κ2) is 10.8. The van der Waals surface area contributed by atoms with Gasteiger partial charge in [0.1, 0.15) is 11.6 Å². The SMILES string of the molecule is COc1ccc2c(c1)C1(CCN(CC(O)C3CCN(C(=O)/C=C/c4cc(C)cc(F)c4)CC3)CC1)CN2. The first-order valence-electron chi connectivity index (χ1n) is 13.4. The van der Waals surface area contributed by atoms with Crippen LogP contribution < -0.4 is 10.1 Å². The quantitative estimate of drug-likeness (QED) is 0.574. The van der Waals surface area contributed by atoms with Crippen LogP contribution in [0.3, 0.4) is 0 Å². The number of aliphatic hydroxyl groups excluding tert-OH is 1. The van der Waals surface area contributed by atoms with Gasteiger partial charge in [0.15, 0.2) is 0 Å². The van der Waals surface area contributed by atoms with Crippen molar-refractivity contribution in [2.24, 2.45) is 5.92 Å². The number of carbonyl (C=O) groups excluding carboxylic acids is 1. The molecule has 3 heterocycles. The van der Waals surface area contributed by atoms with E-state index < -0.39 is 0 Å². The summed E-state index contributed by atoms with van der Waals surface area (Å²) in [7, 11) is 1.71. The Hall–Kier alpha value is -2.90. The summed E-state index contributed by atoms with van der Waals surface area (Å²) in [5.41, 5.74) is 4.25. The number of β-amino-alcohol motifs (C(OH)–C–C–N with tert-alkyl or cyclic N) is 1. The minimum absolute atomic E-state index is 0.0572. The molecule has 7 heteroatoms. The zero-order chi connectivity index (χ0) is 26.0. The van der Waals surface area contributed by atoms with Crippen molar-refractivity contribution in [1.29, 1.82) is 0 Å². The van der Waals surface area contributed by atoms with Gasteiger partial charge in [-0.2, -0.15) is 0 Å². The number of aliphatic hydroxyl groups is 1. The van der Waals surface area contributed by atoms with Gasteiger partial charge in [-0.3, -0.25) is 4.79 Å². The average molecular weight is 508 g/mol. The Morgan fingerprint density at radius 2 is 1.95 bits per heavy atom. The number of rotatable bonds is 6. The van der Waals surface area contributed by atoms with Crippen molar-refractivity contribution < 1.29 is 19.0 Å². The molecule has 1 amide bonds. The van der Waals surface area contributed by atoms with Gasteiger partial charge in [-0.1, -0.05) is 6.07 Å². The molecule has 3 aliphatic heterocycles. The van der Waals surface area contributed by atoms with Crippen molar-refractivity contribution in [3.8, 4) is 5.75 Å². The fourth-order valence-electron chi connectivity index (χ4n) is 6.26. The summed E-state index contributed by atoms with van der Waals surface area (Å²) < 4.78 is 19.1. The van der Waals surface area contributed by atoms with Crippen LogP contribution in [-0.4, -0.2) is 73.3 Å². The predicted octanol–water partition coefficient (Wildman–Crippen LogP) is 4.21. The molecule has 2 N–H and O–H groups in total. The van der Waals surface area contributed by atoms with Gasteiger partial charge in [0, 0.05) is 43.4 Å². The van der Waals surface area contributed by atoms with Crippen molar-refractivity contribution in [3.05, 3.63) is 65.0 Å². The zero-order valence-electron chi connectivity index (χ0n) is 21.9. The van der Waals surface area contributed by atoms with Crippen LogP contribution in [0.25, 0.3) is 6.08 Å². The van der Waals surface area contributed by atoms with E-state index >= 15 is 0 Å². The Labute approximate surface area is 219 Å². The molecule has 2 fully saturated rings. The normalized spacial score (nSPS) is 20.7. The molecule has 6 nitrogen and oxygen atoms in total. The molecule has 1 unspecified atom stereocenters. The monoisotopic (exact) mass is 507 g/mol. The lowest BCUT2D eigenvalue weighted by Crippen LogP contribution is -2.48. The molecule has 0 aromatic heterocycles. The molecule has 3 aliphatic rings. The summed E-state index contributed by atoms with van der Waals surface area (Å²) in [6.07, 6.45) is 6.56. The summed E-state index contributed by atoms with van der Waals surface area (Å²) in [6, 6.07) is 11.1. The van der Waals surface area contributed by atoms with Gasteiger partial charge in [-0.05, 0) is 105 Å². The number of methoxy groups -OCH3 is 1. The van der Waals surface area contributed by atoms with Gasteiger partial charge < -0.3 is 25.0 Å². The highest BCUT2D eigenvalue weighted by Gasteiger charge is 2.42. The summed E-state index contributed by atoms with van der Waals surface area (Å²) in [5.74, 6) is 0.756. The third kappa shape index (κ3) is 5.68. The van der Waals surface area contributed by atoms with Crippen molar-refractivity contribution in [2.45, 2.75) is 44.1 Å². The highest BCUT2D eigenvalue weighted by molar-refractivity contribution is 5.91. The number of halogens is 1. The van der Waals surface area contributed by atoms with E-state index in [0.29, 0.717) is 25.2 Å². The number of hydrogen-bond donors (Lipinski definition) is 2. The van der Waals surface area contributed by atoms with Gasteiger partial charge in [-0.25, -0.2) is 4.39 Å². The number of nitrogens with one attached hydrogen (secondary N) is 1. The lowest BCUT2D eigenvalue weighted by Gasteiger charge is -2.41. The molecule has 198 valence electrons. The van der Waals surface area contributed by atoms with Gasteiger partial charge >= 0.3 is 0 Å². The molecule has 5 rings (SSSR count). The van der Waals surface area contributed by atoms with Crippen molar-refractivity contribution >= 4 is 17.7 Å². The second-order valence-electron chi connectivity index (χ2n) is 11.0. The third-order valence-corrected chi connectivity index (χ3v) is 8.55. The summed E-state index contributed by atoms with van der Waals surface area (Å²) in [6.45, 7) is 6.70. The molecule has 0 saturated carbocycles. The number of benzene rings is 2. The highest BCUT2D eigenvalue weighted by Crippen LogP contribution is 2.45. The van der Waals surface area contributed by atoms with Crippen molar-refractivity contribution in [2.75, 3.05) is 51.7 Å². The summed E-state index contributed by atoms with van der Waals surface area (Å²) >= 11 is 0. The molecule has 2 aromatic rings. The first-order valence-corrected chi connectivity index (χ1v) is 13.4. The van der Waals surface area contributed by atoms with Gasteiger partial charge in [0.2, 0.25) is 5.91 Å². The fraction of sp³-hybridized carbons (Fsp3) is 0.500. The van der Waals surface area contributed by atoms with Crippen LogP contribution in [0.15, 0.2) is 42.5 Å². The smallest absolute Gasteiger partial charge is 0.246 e. The molecular formula is C30H38FN3O3. The molecule has 0 radical (unpaired) electrons. The van der Waals surface area contributed by atoms with E-state index in [1.807, 2.05) is 24.0 Å². The minimum atomic E-state index is -0.383. The number of hydrogen-bond acceptors (Lipinski definition) is 5. The van der Waals surface area contributed by atoms with Crippen LogP contribution in [0.1, 0.15) is 42.4 Å². The molecule has 2 saturated heterocycles. The van der Waals surface area contributed by atoms with Crippen LogP contribution in [0.4, 0.5) is 10.1 Å². The number of amides is 1. The molecule has 37 heavy (non-hydrogen) atoms. The Bertz CT molecular complexity index is 1130. The zero-order valence-corrected chi connectivity index (χ0v) is 21.9. The lowest BCUT2D eigenvalue weighted by molar-refractivity contribution is -0.128. The van der Waals surface area contributed by atoms with Crippen molar-refractivity contribution in [1.82, 2.24) is 9.80 Å². The van der Waals surface area contributed by atoms with E-state index in [1.165, 1.54) is 29.5 Å². The van der Waals surface area contributed by atoms with E-state index in [9.17, 15) is 14.3 Å². The maximum absolute atomic E-state index is 13.6. The van der Waals surface area contributed by atoms with Crippen molar-refractivity contribution in [3.63, 3.8) is 0 Å². The minimum Gasteiger partial charge on any atom is -0.497 e. The predicted molar refractivity (Wildman–Crippen MR) is 144 cm³/mol. The van der Waals surface area contributed by atoms with Crippen LogP contribution in [0, 0.1) is 18.7 Å². The number of anilines is 1. The van der Waals surface area contributed by atoms with Crippen LogP contribution >= 0.6 is 0 Å².